The quantitative estimate of drug-likeness (QED) is 0.406. The van der Waals surface area contributed by atoms with E-state index in [9.17, 15) is 4.79 Å². The number of benzene rings is 1. The Labute approximate surface area is 105 Å². The molecule has 0 spiro atoms. The van der Waals surface area contributed by atoms with E-state index >= 15 is 0 Å². The zero-order valence-electron chi connectivity index (χ0n) is 10.5. The number of aromatic amines is 1. The Morgan fingerprint density at radius 3 is 2.94 bits per heavy atom. The van der Waals surface area contributed by atoms with Crippen molar-refractivity contribution >= 4 is 16.9 Å². The van der Waals surface area contributed by atoms with Gasteiger partial charge in [-0.05, 0) is 31.0 Å². The molecule has 18 heavy (non-hydrogen) atoms. The number of amides is 1. The number of likely N-dealkylation sites (N-methyl/N-ethyl adjacent to an activating group) is 1. The monoisotopic (exact) mass is 247 g/mol. The zero-order chi connectivity index (χ0) is 13.3. The second-order valence-corrected chi connectivity index (χ2v) is 4.43. The van der Waals surface area contributed by atoms with Crippen molar-refractivity contribution in [3.05, 3.63) is 29.6 Å². The average molecular weight is 247 g/mol. The lowest BCUT2D eigenvalue weighted by atomic mass is 10.1. The summed E-state index contributed by atoms with van der Waals surface area (Å²) >= 11 is 0. The molecule has 0 bridgehead atoms. The van der Waals surface area contributed by atoms with Crippen molar-refractivity contribution < 1.29 is 4.79 Å². The first-order valence-corrected chi connectivity index (χ1v) is 5.70. The third-order valence-electron chi connectivity index (χ3n) is 2.79. The zero-order valence-corrected chi connectivity index (χ0v) is 10.5. The van der Waals surface area contributed by atoms with Crippen LogP contribution in [0.2, 0.25) is 0 Å². The van der Waals surface area contributed by atoms with Crippen molar-refractivity contribution in [2.75, 3.05) is 7.05 Å². The Bertz CT molecular complexity index is 575. The van der Waals surface area contributed by atoms with E-state index in [2.05, 4.69) is 9.97 Å². The van der Waals surface area contributed by atoms with E-state index in [1.807, 2.05) is 25.1 Å². The predicted octanol–water partition coefficient (Wildman–Crippen LogP) is 0.0732. The number of imidazole rings is 1. The third kappa shape index (κ3) is 2.49. The second kappa shape index (κ2) is 4.75. The maximum Gasteiger partial charge on any atom is 0.253 e. The molecule has 2 rings (SSSR count). The Hall–Kier alpha value is -1.92. The van der Waals surface area contributed by atoms with Gasteiger partial charge in [0, 0.05) is 7.05 Å². The summed E-state index contributed by atoms with van der Waals surface area (Å²) in [6.07, 6.45) is 0.453. The van der Waals surface area contributed by atoms with Crippen molar-refractivity contribution in [1.29, 1.82) is 0 Å². The minimum atomic E-state index is -0.624. The van der Waals surface area contributed by atoms with Gasteiger partial charge in [-0.2, -0.15) is 0 Å². The van der Waals surface area contributed by atoms with Crippen LogP contribution in [0.5, 0.6) is 0 Å². The van der Waals surface area contributed by atoms with Gasteiger partial charge in [-0.1, -0.05) is 6.07 Å². The molecule has 0 aliphatic rings. The molecule has 0 fully saturated rings. The van der Waals surface area contributed by atoms with Crippen molar-refractivity contribution in [1.82, 2.24) is 15.0 Å². The molecule has 0 aliphatic carbocycles. The van der Waals surface area contributed by atoms with Crippen LogP contribution in [0.4, 0.5) is 0 Å². The van der Waals surface area contributed by atoms with Crippen LogP contribution in [-0.4, -0.2) is 34.0 Å². The predicted molar refractivity (Wildman–Crippen MR) is 69.5 cm³/mol. The van der Waals surface area contributed by atoms with Crippen LogP contribution in [0, 0.1) is 6.92 Å². The summed E-state index contributed by atoms with van der Waals surface area (Å²) in [5.41, 5.74) is 8.64. The minimum Gasteiger partial charge on any atom is -0.342 e. The molecule has 2 aromatic rings. The Balaban J connectivity index is 2.19. The Morgan fingerprint density at radius 1 is 1.56 bits per heavy atom. The number of H-pyrrole nitrogens is 1. The summed E-state index contributed by atoms with van der Waals surface area (Å²) in [7, 11) is 1.49. The molecule has 1 aromatic heterocycles. The number of nitrogens with one attached hydrogen (secondary N) is 1. The molecule has 0 aliphatic heterocycles. The van der Waals surface area contributed by atoms with E-state index in [0.29, 0.717) is 6.42 Å². The molecule has 6 heteroatoms. The van der Waals surface area contributed by atoms with Gasteiger partial charge in [-0.3, -0.25) is 9.80 Å². The highest BCUT2D eigenvalue weighted by Crippen LogP contribution is 2.14. The van der Waals surface area contributed by atoms with Gasteiger partial charge in [-0.15, -0.1) is 0 Å². The van der Waals surface area contributed by atoms with E-state index in [1.54, 1.807) is 0 Å². The normalized spacial score (nSPS) is 12.7. The first kappa shape index (κ1) is 12.5. The first-order chi connectivity index (χ1) is 8.47. The largest absolute Gasteiger partial charge is 0.342 e. The lowest BCUT2D eigenvalue weighted by Crippen LogP contribution is -2.46. The number of aryl methyl sites for hydroxylation is 1. The summed E-state index contributed by atoms with van der Waals surface area (Å²) in [6, 6.07) is 5.17. The summed E-state index contributed by atoms with van der Waals surface area (Å²) in [5.74, 6) is 5.96. The summed E-state index contributed by atoms with van der Waals surface area (Å²) in [5, 5.41) is 1.02. The fourth-order valence-electron chi connectivity index (χ4n) is 1.91. The van der Waals surface area contributed by atoms with Crippen molar-refractivity contribution in [3.63, 3.8) is 0 Å². The summed E-state index contributed by atoms with van der Waals surface area (Å²) < 4.78 is 0. The van der Waals surface area contributed by atoms with Crippen LogP contribution in [0.15, 0.2) is 18.2 Å². The lowest BCUT2D eigenvalue weighted by molar-refractivity contribution is -0.131. The molecular formula is C12H17N5O. The number of aromatic nitrogens is 2. The smallest absolute Gasteiger partial charge is 0.253 e. The molecule has 96 valence electrons. The van der Waals surface area contributed by atoms with Crippen molar-refractivity contribution in [2.45, 2.75) is 19.4 Å². The number of hydrazine groups is 1. The second-order valence-electron chi connectivity index (χ2n) is 4.43. The number of hydrogen-bond donors (Lipinski definition) is 3. The number of nitrogens with zero attached hydrogens (tertiary/aromatic N) is 2. The number of nitrogens with two attached hydrogens (primary N) is 2. The van der Waals surface area contributed by atoms with Gasteiger partial charge in [0.15, 0.2) is 0 Å². The number of carbonyl (C=O) groups is 1. The van der Waals surface area contributed by atoms with Crippen LogP contribution in [0.1, 0.15) is 11.4 Å². The number of rotatable bonds is 3. The van der Waals surface area contributed by atoms with Crippen LogP contribution < -0.4 is 11.6 Å². The summed E-state index contributed by atoms with van der Waals surface area (Å²) in [4.78, 5) is 19.0. The molecular weight excluding hydrogens is 230 g/mol. The number of hydrogen-bond acceptors (Lipinski definition) is 4. The van der Waals surface area contributed by atoms with Crippen LogP contribution in [-0.2, 0) is 11.2 Å². The van der Waals surface area contributed by atoms with E-state index in [-0.39, 0.29) is 5.91 Å². The molecule has 1 heterocycles. The van der Waals surface area contributed by atoms with Gasteiger partial charge in [0.25, 0.3) is 5.91 Å². The standard InChI is InChI=1S/C12H17N5O/c1-7-15-10-4-3-8(6-11(10)16-7)5-9(13)12(18)17(2)14/h3-4,6,9H,5,13-14H2,1-2H3,(H,15,16). The first-order valence-electron chi connectivity index (χ1n) is 5.70. The maximum atomic E-state index is 11.6. The third-order valence-corrected chi connectivity index (χ3v) is 2.79. The van der Waals surface area contributed by atoms with Crippen LogP contribution >= 0.6 is 0 Å². The molecule has 6 nitrogen and oxygen atoms in total. The van der Waals surface area contributed by atoms with Crippen LogP contribution in [0.3, 0.4) is 0 Å². The fourth-order valence-corrected chi connectivity index (χ4v) is 1.91. The fraction of sp³-hybridized carbons (Fsp3) is 0.333. The van der Waals surface area contributed by atoms with Gasteiger partial charge in [-0.25, -0.2) is 10.8 Å². The van der Waals surface area contributed by atoms with Crippen molar-refractivity contribution in [3.8, 4) is 0 Å². The van der Waals surface area contributed by atoms with E-state index in [4.69, 9.17) is 11.6 Å². The van der Waals surface area contributed by atoms with Gasteiger partial charge in [0.1, 0.15) is 5.82 Å². The Kier molecular flexibility index (Phi) is 3.31. The molecule has 0 saturated carbocycles. The van der Waals surface area contributed by atoms with E-state index in [0.717, 1.165) is 27.4 Å². The van der Waals surface area contributed by atoms with E-state index in [1.165, 1.54) is 7.05 Å². The SMILES string of the molecule is Cc1nc2ccc(CC(N)C(=O)N(C)N)cc2[nH]1. The highest BCUT2D eigenvalue weighted by molar-refractivity contribution is 5.81. The van der Waals surface area contributed by atoms with Gasteiger partial charge < -0.3 is 10.7 Å². The topological polar surface area (TPSA) is 101 Å². The van der Waals surface area contributed by atoms with Gasteiger partial charge in [0.05, 0.1) is 17.1 Å². The minimum absolute atomic E-state index is 0.282. The molecule has 5 N–H and O–H groups in total. The summed E-state index contributed by atoms with van der Waals surface area (Å²) in [6.45, 7) is 1.90. The molecule has 1 aromatic carbocycles. The van der Waals surface area contributed by atoms with Gasteiger partial charge in [0.2, 0.25) is 0 Å². The highest BCUT2D eigenvalue weighted by atomic mass is 16.2. The Morgan fingerprint density at radius 2 is 2.28 bits per heavy atom. The van der Waals surface area contributed by atoms with Gasteiger partial charge >= 0.3 is 0 Å². The molecule has 1 unspecified atom stereocenters. The maximum absolute atomic E-state index is 11.6. The van der Waals surface area contributed by atoms with E-state index < -0.39 is 6.04 Å². The number of carbonyl (C=O) groups excluding carboxylic acids is 1. The lowest BCUT2D eigenvalue weighted by Gasteiger charge is -2.16. The average Bonchev–Trinajstić information content (AvgIpc) is 2.67. The van der Waals surface area contributed by atoms with Crippen molar-refractivity contribution in [2.24, 2.45) is 11.6 Å². The molecule has 1 amide bonds. The molecule has 1 atom stereocenters. The number of fused-ring (bicyclic) bond motifs is 1. The molecule has 0 saturated heterocycles. The highest BCUT2D eigenvalue weighted by Gasteiger charge is 2.16. The van der Waals surface area contributed by atoms with Crippen LogP contribution in [0.25, 0.3) is 11.0 Å². The molecule has 0 radical (unpaired) electrons.